The first-order valence-electron chi connectivity index (χ1n) is 12.3. The molecule has 0 radical (unpaired) electrons. The molecule has 1 aromatic heterocycles. The molecule has 0 bridgehead atoms. The van der Waals surface area contributed by atoms with Crippen molar-refractivity contribution in [2.75, 3.05) is 39.8 Å². The molecule has 1 saturated heterocycles. The smallest absolute Gasteiger partial charge is 0.257 e. The number of benzene rings is 2. The number of piperazine rings is 1. The third-order valence-corrected chi connectivity index (χ3v) is 6.48. The SMILES string of the molecule is Cc1cc(Cl)ccc1Oc1ncccc1C(=O)N[C@H](COCc1ccc(F)cc1)C(=O)N1CCN(C)CC1. The average Bonchev–Trinajstić information content (AvgIpc) is 2.91. The lowest BCUT2D eigenvalue weighted by molar-refractivity contribution is -0.136. The highest BCUT2D eigenvalue weighted by atomic mass is 35.5. The molecule has 1 aliphatic rings. The Bertz CT molecular complexity index is 1270. The van der Waals surface area contributed by atoms with Gasteiger partial charge < -0.3 is 24.6 Å². The van der Waals surface area contributed by atoms with Crippen LogP contribution in [0.3, 0.4) is 0 Å². The molecule has 1 fully saturated rings. The van der Waals surface area contributed by atoms with Crippen LogP contribution in [0.4, 0.5) is 4.39 Å². The Balaban J connectivity index is 1.49. The fraction of sp³-hybridized carbons (Fsp3) is 0.321. The van der Waals surface area contributed by atoms with Crippen LogP contribution >= 0.6 is 11.6 Å². The summed E-state index contributed by atoms with van der Waals surface area (Å²) in [6, 6.07) is 13.3. The number of carbonyl (C=O) groups excluding carboxylic acids is 2. The third kappa shape index (κ3) is 7.28. The molecule has 2 aromatic carbocycles. The predicted molar refractivity (Wildman–Crippen MR) is 142 cm³/mol. The fourth-order valence-corrected chi connectivity index (χ4v) is 4.24. The number of aromatic nitrogens is 1. The number of nitrogens with zero attached hydrogens (tertiary/aromatic N) is 3. The van der Waals surface area contributed by atoms with Crippen LogP contribution in [0.15, 0.2) is 60.8 Å². The largest absolute Gasteiger partial charge is 0.438 e. The highest BCUT2D eigenvalue weighted by Crippen LogP contribution is 2.28. The lowest BCUT2D eigenvalue weighted by Gasteiger charge is -2.34. The van der Waals surface area contributed by atoms with Crippen LogP contribution in [-0.4, -0.2) is 72.5 Å². The minimum absolute atomic E-state index is 0.0545. The lowest BCUT2D eigenvalue weighted by atomic mass is 10.2. The molecule has 4 rings (SSSR count). The summed E-state index contributed by atoms with van der Waals surface area (Å²) in [6.07, 6.45) is 1.52. The summed E-state index contributed by atoms with van der Waals surface area (Å²) in [5.41, 5.74) is 1.72. The Morgan fingerprint density at radius 2 is 1.84 bits per heavy atom. The van der Waals surface area contributed by atoms with Crippen LogP contribution in [-0.2, 0) is 16.1 Å². The zero-order valence-corrected chi connectivity index (χ0v) is 22.1. The van der Waals surface area contributed by atoms with Crippen molar-refractivity contribution in [1.82, 2.24) is 20.1 Å². The predicted octanol–water partition coefficient (Wildman–Crippen LogP) is 4.06. The second-order valence-electron chi connectivity index (χ2n) is 9.16. The summed E-state index contributed by atoms with van der Waals surface area (Å²) in [7, 11) is 2.00. The molecule has 200 valence electrons. The maximum atomic E-state index is 13.4. The quantitative estimate of drug-likeness (QED) is 0.440. The molecule has 0 unspecified atom stereocenters. The number of nitrogens with one attached hydrogen (secondary N) is 1. The number of hydrogen-bond acceptors (Lipinski definition) is 6. The number of aryl methyl sites for hydroxylation is 1. The first-order valence-corrected chi connectivity index (χ1v) is 12.7. The number of hydrogen-bond donors (Lipinski definition) is 1. The molecular weight excluding hydrogens is 511 g/mol. The molecule has 2 heterocycles. The Morgan fingerprint density at radius 1 is 1.11 bits per heavy atom. The van der Waals surface area contributed by atoms with Crippen LogP contribution in [0.2, 0.25) is 5.02 Å². The fourth-order valence-electron chi connectivity index (χ4n) is 4.01. The Kier molecular flexibility index (Phi) is 9.28. The second kappa shape index (κ2) is 12.8. The lowest BCUT2D eigenvalue weighted by Crippen LogP contribution is -2.55. The number of rotatable bonds is 9. The van der Waals surface area contributed by atoms with E-state index in [-0.39, 0.29) is 36.4 Å². The van der Waals surface area contributed by atoms with Crippen molar-refractivity contribution < 1.29 is 23.5 Å². The first kappa shape index (κ1) is 27.5. The minimum Gasteiger partial charge on any atom is -0.438 e. The summed E-state index contributed by atoms with van der Waals surface area (Å²) < 4.78 is 25.0. The van der Waals surface area contributed by atoms with Gasteiger partial charge in [0.2, 0.25) is 11.8 Å². The van der Waals surface area contributed by atoms with Gasteiger partial charge in [0.05, 0.1) is 13.2 Å². The number of carbonyl (C=O) groups is 2. The summed E-state index contributed by atoms with van der Waals surface area (Å²) in [5.74, 6) is -0.473. The van der Waals surface area contributed by atoms with Crippen LogP contribution in [0.1, 0.15) is 21.5 Å². The topological polar surface area (TPSA) is 84.0 Å². The maximum Gasteiger partial charge on any atom is 0.257 e. The van der Waals surface area contributed by atoms with E-state index in [1.165, 1.54) is 18.3 Å². The monoisotopic (exact) mass is 540 g/mol. The first-order chi connectivity index (χ1) is 18.3. The van der Waals surface area contributed by atoms with E-state index < -0.39 is 11.9 Å². The molecule has 0 saturated carbocycles. The van der Waals surface area contributed by atoms with Gasteiger partial charge in [-0.05, 0) is 67.6 Å². The van der Waals surface area contributed by atoms with E-state index in [1.54, 1.807) is 47.4 Å². The number of ether oxygens (including phenoxy) is 2. The van der Waals surface area contributed by atoms with Gasteiger partial charge in [0.15, 0.2) is 0 Å². The molecule has 0 aliphatic carbocycles. The van der Waals surface area contributed by atoms with Crippen molar-refractivity contribution in [3.63, 3.8) is 0 Å². The van der Waals surface area contributed by atoms with E-state index in [2.05, 4.69) is 15.2 Å². The van der Waals surface area contributed by atoms with Gasteiger partial charge in [-0.25, -0.2) is 9.37 Å². The van der Waals surface area contributed by atoms with Crippen LogP contribution in [0.25, 0.3) is 0 Å². The van der Waals surface area contributed by atoms with Crippen molar-refractivity contribution in [3.05, 3.63) is 88.3 Å². The van der Waals surface area contributed by atoms with Crippen LogP contribution in [0.5, 0.6) is 11.6 Å². The van der Waals surface area contributed by atoms with E-state index in [0.29, 0.717) is 23.9 Å². The molecule has 8 nitrogen and oxygen atoms in total. The number of halogens is 2. The Morgan fingerprint density at radius 3 is 2.55 bits per heavy atom. The summed E-state index contributed by atoms with van der Waals surface area (Å²) in [6.45, 7) is 4.54. The summed E-state index contributed by atoms with van der Waals surface area (Å²) >= 11 is 6.05. The highest BCUT2D eigenvalue weighted by Gasteiger charge is 2.29. The van der Waals surface area contributed by atoms with Gasteiger partial charge in [-0.2, -0.15) is 0 Å². The van der Waals surface area contributed by atoms with E-state index >= 15 is 0 Å². The van der Waals surface area contributed by atoms with Gasteiger partial charge >= 0.3 is 0 Å². The molecule has 1 aliphatic heterocycles. The van der Waals surface area contributed by atoms with Crippen molar-refractivity contribution in [2.24, 2.45) is 0 Å². The zero-order chi connectivity index (χ0) is 27.1. The van der Waals surface area contributed by atoms with Crippen molar-refractivity contribution >= 4 is 23.4 Å². The van der Waals surface area contributed by atoms with Crippen molar-refractivity contribution in [3.8, 4) is 11.6 Å². The van der Waals surface area contributed by atoms with Gasteiger partial charge in [0.25, 0.3) is 5.91 Å². The maximum absolute atomic E-state index is 13.4. The molecule has 3 aromatic rings. The van der Waals surface area contributed by atoms with Crippen LogP contribution < -0.4 is 10.1 Å². The number of pyridine rings is 1. The zero-order valence-electron chi connectivity index (χ0n) is 21.3. The van der Waals surface area contributed by atoms with Gasteiger partial charge in [-0.3, -0.25) is 9.59 Å². The van der Waals surface area contributed by atoms with E-state index in [4.69, 9.17) is 21.1 Å². The number of likely N-dealkylation sites (N-methyl/N-ethyl adjacent to an activating group) is 1. The number of amides is 2. The van der Waals surface area contributed by atoms with E-state index in [9.17, 15) is 14.0 Å². The third-order valence-electron chi connectivity index (χ3n) is 6.24. The summed E-state index contributed by atoms with van der Waals surface area (Å²) in [5, 5.41) is 3.39. The molecule has 38 heavy (non-hydrogen) atoms. The normalized spacial score (nSPS) is 14.7. The Labute approximate surface area is 226 Å². The average molecular weight is 541 g/mol. The van der Waals surface area contributed by atoms with Gasteiger partial charge in [-0.15, -0.1) is 0 Å². The molecular formula is C28H30ClFN4O4. The van der Waals surface area contributed by atoms with Crippen LogP contribution in [0, 0.1) is 12.7 Å². The molecule has 1 N–H and O–H groups in total. The second-order valence-corrected chi connectivity index (χ2v) is 9.60. The minimum atomic E-state index is -0.934. The van der Waals surface area contributed by atoms with Crippen molar-refractivity contribution in [1.29, 1.82) is 0 Å². The van der Waals surface area contributed by atoms with Crippen molar-refractivity contribution in [2.45, 2.75) is 19.6 Å². The Hall–Kier alpha value is -3.53. The van der Waals surface area contributed by atoms with E-state index in [1.807, 2.05) is 14.0 Å². The standard InChI is InChI=1S/C28H30ClFN4O4/c1-19-16-21(29)7-10-25(19)38-27-23(4-3-11-31-27)26(35)32-24(28(36)34-14-12-33(2)13-15-34)18-37-17-20-5-8-22(30)9-6-20/h3-11,16,24H,12-15,17-18H2,1-2H3,(H,32,35)/t24-/m1/s1. The molecule has 1 atom stereocenters. The van der Waals surface area contributed by atoms with E-state index in [0.717, 1.165) is 24.2 Å². The van der Waals surface area contributed by atoms with Gasteiger partial charge in [0, 0.05) is 37.4 Å². The summed E-state index contributed by atoms with van der Waals surface area (Å²) in [4.78, 5) is 34.9. The molecule has 10 heteroatoms. The van der Waals surface area contributed by atoms with Gasteiger partial charge in [0.1, 0.15) is 23.2 Å². The van der Waals surface area contributed by atoms with Gasteiger partial charge in [-0.1, -0.05) is 23.7 Å². The molecule has 0 spiro atoms. The highest BCUT2D eigenvalue weighted by molar-refractivity contribution is 6.30. The molecule has 2 amide bonds.